The highest BCUT2D eigenvalue weighted by atomic mass is 16.5. The Kier molecular flexibility index (Phi) is 5.34. The second kappa shape index (κ2) is 7.85. The molecule has 0 radical (unpaired) electrons. The maximum absolute atomic E-state index is 11.9. The second-order valence-electron chi connectivity index (χ2n) is 5.50. The van der Waals surface area contributed by atoms with Crippen molar-refractivity contribution < 1.29 is 9.53 Å². The Labute approximate surface area is 136 Å². The Balaban J connectivity index is 1.53. The summed E-state index contributed by atoms with van der Waals surface area (Å²) in [7, 11) is 0. The van der Waals surface area contributed by atoms with E-state index in [0.29, 0.717) is 6.54 Å². The van der Waals surface area contributed by atoms with Crippen LogP contribution in [-0.2, 0) is 9.53 Å². The zero-order chi connectivity index (χ0) is 15.9. The number of morpholine rings is 1. The number of carbonyl (C=O) groups excluding carboxylic acids is 1. The van der Waals surface area contributed by atoms with Crippen LogP contribution in [0.25, 0.3) is 17.0 Å². The summed E-state index contributed by atoms with van der Waals surface area (Å²) in [6.45, 7) is 4.94. The molecule has 1 aliphatic rings. The molecular weight excluding hydrogens is 290 g/mol. The van der Waals surface area contributed by atoms with Gasteiger partial charge in [-0.05, 0) is 12.1 Å². The van der Waals surface area contributed by atoms with Crippen molar-refractivity contribution in [3.05, 3.63) is 48.2 Å². The van der Waals surface area contributed by atoms with E-state index in [0.717, 1.165) is 49.3 Å². The third-order valence-corrected chi connectivity index (χ3v) is 3.91. The van der Waals surface area contributed by atoms with Crippen molar-refractivity contribution in [3.8, 4) is 0 Å². The molecule has 1 aromatic heterocycles. The van der Waals surface area contributed by atoms with Crippen LogP contribution in [-0.4, -0.2) is 55.2 Å². The van der Waals surface area contributed by atoms with Crippen LogP contribution < -0.4 is 5.32 Å². The molecule has 1 aliphatic heterocycles. The van der Waals surface area contributed by atoms with E-state index in [9.17, 15) is 4.79 Å². The lowest BCUT2D eigenvalue weighted by atomic mass is 10.1. The van der Waals surface area contributed by atoms with E-state index >= 15 is 0 Å². The number of hydrogen-bond acceptors (Lipinski definition) is 4. The predicted octanol–water partition coefficient (Wildman–Crippen LogP) is 1.70. The molecular formula is C18H21N3O2. The molecule has 0 unspecified atom stereocenters. The van der Waals surface area contributed by atoms with Gasteiger partial charge in [0.1, 0.15) is 0 Å². The van der Waals surface area contributed by atoms with Gasteiger partial charge in [-0.15, -0.1) is 0 Å². The van der Waals surface area contributed by atoms with Crippen LogP contribution in [0.5, 0.6) is 0 Å². The molecule has 0 spiro atoms. The molecule has 1 fully saturated rings. The Morgan fingerprint density at radius 1 is 1.26 bits per heavy atom. The summed E-state index contributed by atoms with van der Waals surface area (Å²) in [4.78, 5) is 18.6. The number of ether oxygens (including phenoxy) is 1. The van der Waals surface area contributed by atoms with E-state index in [1.807, 2.05) is 36.4 Å². The zero-order valence-electron chi connectivity index (χ0n) is 13.1. The minimum absolute atomic E-state index is 0.0776. The number of carbonyl (C=O) groups is 1. The summed E-state index contributed by atoms with van der Waals surface area (Å²) in [6.07, 6.45) is 5.16. The highest BCUT2D eigenvalue weighted by molar-refractivity contribution is 5.95. The van der Waals surface area contributed by atoms with Gasteiger partial charge in [0.15, 0.2) is 0 Å². The molecule has 0 bridgehead atoms. The molecule has 2 heterocycles. The summed E-state index contributed by atoms with van der Waals surface area (Å²) in [5.41, 5.74) is 1.86. The first-order valence-corrected chi connectivity index (χ1v) is 7.93. The zero-order valence-corrected chi connectivity index (χ0v) is 13.1. The van der Waals surface area contributed by atoms with E-state index in [1.165, 1.54) is 0 Å². The SMILES string of the molecule is O=C(/C=C/c1cccc2cccnc12)NCCN1CCOCC1. The van der Waals surface area contributed by atoms with Crippen LogP contribution in [0.3, 0.4) is 0 Å². The molecule has 1 N–H and O–H groups in total. The van der Waals surface area contributed by atoms with Crippen molar-refractivity contribution in [3.63, 3.8) is 0 Å². The number of nitrogens with one attached hydrogen (secondary N) is 1. The minimum atomic E-state index is -0.0776. The molecule has 5 heteroatoms. The van der Waals surface area contributed by atoms with Crippen molar-refractivity contribution in [2.75, 3.05) is 39.4 Å². The highest BCUT2D eigenvalue weighted by Crippen LogP contribution is 2.16. The van der Waals surface area contributed by atoms with Crippen LogP contribution in [0.15, 0.2) is 42.6 Å². The number of aromatic nitrogens is 1. The molecule has 1 saturated heterocycles. The van der Waals surface area contributed by atoms with Gasteiger partial charge in [0.2, 0.25) is 5.91 Å². The summed E-state index contributed by atoms with van der Waals surface area (Å²) in [6, 6.07) is 9.88. The molecule has 1 amide bonds. The maximum Gasteiger partial charge on any atom is 0.244 e. The predicted molar refractivity (Wildman–Crippen MR) is 91.0 cm³/mol. The van der Waals surface area contributed by atoms with E-state index < -0.39 is 0 Å². The van der Waals surface area contributed by atoms with Gasteiger partial charge < -0.3 is 10.1 Å². The summed E-state index contributed by atoms with van der Waals surface area (Å²) >= 11 is 0. The lowest BCUT2D eigenvalue weighted by Gasteiger charge is -2.26. The van der Waals surface area contributed by atoms with E-state index in [-0.39, 0.29) is 5.91 Å². The number of amides is 1. The first-order chi connectivity index (χ1) is 11.3. The normalized spacial score (nSPS) is 16.0. The van der Waals surface area contributed by atoms with Gasteiger partial charge in [-0.25, -0.2) is 0 Å². The lowest BCUT2D eigenvalue weighted by molar-refractivity contribution is -0.116. The van der Waals surface area contributed by atoms with E-state index in [2.05, 4.69) is 15.2 Å². The fourth-order valence-corrected chi connectivity index (χ4v) is 2.65. The van der Waals surface area contributed by atoms with Crippen LogP contribution in [0.1, 0.15) is 5.56 Å². The molecule has 23 heavy (non-hydrogen) atoms. The average Bonchev–Trinajstić information content (AvgIpc) is 2.61. The second-order valence-corrected chi connectivity index (χ2v) is 5.50. The smallest absolute Gasteiger partial charge is 0.244 e. The monoisotopic (exact) mass is 311 g/mol. The van der Waals surface area contributed by atoms with Gasteiger partial charge in [0.25, 0.3) is 0 Å². The number of para-hydroxylation sites is 1. The fraction of sp³-hybridized carbons (Fsp3) is 0.333. The van der Waals surface area contributed by atoms with Crippen molar-refractivity contribution in [2.45, 2.75) is 0 Å². The van der Waals surface area contributed by atoms with Gasteiger partial charge >= 0.3 is 0 Å². The Bertz CT molecular complexity index is 688. The van der Waals surface area contributed by atoms with Gasteiger partial charge in [-0.3, -0.25) is 14.7 Å². The summed E-state index contributed by atoms with van der Waals surface area (Å²) in [5.74, 6) is -0.0776. The van der Waals surface area contributed by atoms with E-state index in [4.69, 9.17) is 4.74 Å². The first-order valence-electron chi connectivity index (χ1n) is 7.93. The maximum atomic E-state index is 11.9. The minimum Gasteiger partial charge on any atom is -0.379 e. The van der Waals surface area contributed by atoms with Crippen molar-refractivity contribution in [2.24, 2.45) is 0 Å². The largest absolute Gasteiger partial charge is 0.379 e. The number of nitrogens with zero attached hydrogens (tertiary/aromatic N) is 2. The van der Waals surface area contributed by atoms with Gasteiger partial charge in [-0.1, -0.05) is 24.3 Å². The molecule has 0 saturated carbocycles. The molecule has 0 aliphatic carbocycles. The van der Waals surface area contributed by atoms with Crippen LogP contribution in [0.2, 0.25) is 0 Å². The van der Waals surface area contributed by atoms with Crippen LogP contribution in [0, 0.1) is 0 Å². The van der Waals surface area contributed by atoms with E-state index in [1.54, 1.807) is 12.3 Å². The molecule has 5 nitrogen and oxygen atoms in total. The average molecular weight is 311 g/mol. The molecule has 3 rings (SSSR count). The quantitative estimate of drug-likeness (QED) is 0.854. The fourth-order valence-electron chi connectivity index (χ4n) is 2.65. The molecule has 0 atom stereocenters. The molecule has 1 aromatic carbocycles. The molecule has 120 valence electrons. The number of benzene rings is 1. The van der Waals surface area contributed by atoms with Gasteiger partial charge in [0.05, 0.1) is 18.7 Å². The van der Waals surface area contributed by atoms with Crippen molar-refractivity contribution in [1.29, 1.82) is 0 Å². The Morgan fingerprint density at radius 2 is 2.09 bits per heavy atom. The number of rotatable bonds is 5. The highest BCUT2D eigenvalue weighted by Gasteiger charge is 2.09. The number of hydrogen-bond donors (Lipinski definition) is 1. The van der Waals surface area contributed by atoms with Crippen molar-refractivity contribution in [1.82, 2.24) is 15.2 Å². The topological polar surface area (TPSA) is 54.5 Å². The van der Waals surface area contributed by atoms with Crippen LogP contribution >= 0.6 is 0 Å². The summed E-state index contributed by atoms with van der Waals surface area (Å²) < 4.78 is 5.30. The third kappa shape index (κ3) is 4.37. The van der Waals surface area contributed by atoms with Crippen molar-refractivity contribution >= 4 is 22.9 Å². The Hall–Kier alpha value is -2.24. The standard InChI is InChI=1S/C18H21N3O2/c22-17(19-9-10-21-11-13-23-14-12-21)7-6-16-4-1-3-15-5-2-8-20-18(15)16/h1-8H,9-14H2,(H,19,22)/b7-6+. The Morgan fingerprint density at radius 3 is 2.96 bits per heavy atom. The van der Waals surface area contributed by atoms with Gasteiger partial charge in [0, 0.05) is 49.4 Å². The number of pyridine rings is 1. The first kappa shape index (κ1) is 15.6. The third-order valence-electron chi connectivity index (χ3n) is 3.91. The van der Waals surface area contributed by atoms with Crippen LogP contribution in [0.4, 0.5) is 0 Å². The van der Waals surface area contributed by atoms with Gasteiger partial charge in [-0.2, -0.15) is 0 Å². The number of fused-ring (bicyclic) bond motifs is 1. The summed E-state index contributed by atoms with van der Waals surface area (Å²) in [5, 5.41) is 3.99. The lowest BCUT2D eigenvalue weighted by Crippen LogP contribution is -2.41. The molecule has 2 aromatic rings.